The molecule has 154 valence electrons. The molecule has 0 radical (unpaired) electrons. The van der Waals surface area contributed by atoms with Crippen molar-refractivity contribution in [2.45, 2.75) is 50.2 Å². The van der Waals surface area contributed by atoms with Crippen molar-refractivity contribution in [3.8, 4) is 11.4 Å². The molecule has 0 spiro atoms. The van der Waals surface area contributed by atoms with Crippen LogP contribution >= 0.6 is 27.7 Å². The van der Waals surface area contributed by atoms with Crippen molar-refractivity contribution < 1.29 is 8.42 Å². The number of hydrogen-bond acceptors (Lipinski definition) is 5. The van der Waals surface area contributed by atoms with Crippen molar-refractivity contribution in [2.75, 3.05) is 18.8 Å². The molecule has 1 unspecified atom stereocenters. The molecule has 6 nitrogen and oxygen atoms in total. The highest BCUT2D eigenvalue weighted by Gasteiger charge is 2.24. The van der Waals surface area contributed by atoms with Gasteiger partial charge in [-0.1, -0.05) is 67.2 Å². The first-order valence-corrected chi connectivity index (χ1v) is 12.5. The summed E-state index contributed by atoms with van der Waals surface area (Å²) in [5, 5.41) is 9.52. The summed E-state index contributed by atoms with van der Waals surface area (Å²) in [6.45, 7) is 12.6. The number of aromatic nitrogens is 3. The molecular formula is C19H27BrN4O2S2. The fraction of sp³-hybridized carbons (Fsp3) is 0.474. The van der Waals surface area contributed by atoms with E-state index in [4.69, 9.17) is 0 Å². The summed E-state index contributed by atoms with van der Waals surface area (Å²) in [6, 6.07) is 7.13. The van der Waals surface area contributed by atoms with Gasteiger partial charge in [0.05, 0.1) is 4.90 Å². The summed E-state index contributed by atoms with van der Waals surface area (Å²) < 4.78 is 30.2. The summed E-state index contributed by atoms with van der Waals surface area (Å²) in [7, 11) is -3.53. The molecule has 1 aromatic carbocycles. The van der Waals surface area contributed by atoms with Gasteiger partial charge in [0.25, 0.3) is 0 Å². The van der Waals surface area contributed by atoms with Crippen molar-refractivity contribution in [1.29, 1.82) is 0 Å². The third-order valence-electron chi connectivity index (χ3n) is 4.49. The molecule has 1 atom stereocenters. The lowest BCUT2D eigenvalue weighted by Gasteiger charge is -2.19. The van der Waals surface area contributed by atoms with Crippen LogP contribution in [0.15, 0.2) is 45.4 Å². The van der Waals surface area contributed by atoms with E-state index in [1.807, 2.05) is 19.9 Å². The molecule has 0 N–H and O–H groups in total. The average Bonchev–Trinajstić information content (AvgIpc) is 3.10. The van der Waals surface area contributed by atoms with Gasteiger partial charge in [0, 0.05) is 30.4 Å². The molecule has 0 aliphatic heterocycles. The minimum atomic E-state index is -3.53. The van der Waals surface area contributed by atoms with Gasteiger partial charge in [-0.2, -0.15) is 4.31 Å². The molecule has 0 amide bonds. The molecule has 28 heavy (non-hydrogen) atoms. The van der Waals surface area contributed by atoms with E-state index in [1.54, 1.807) is 30.0 Å². The SMILES string of the molecule is C=C(Br)CSc1nnc(-c2cccc(S(=O)(=O)N(CC)CC)c2)n1C(C)CC. The largest absolute Gasteiger partial charge is 0.299 e. The van der Waals surface area contributed by atoms with Gasteiger partial charge in [-0.3, -0.25) is 4.57 Å². The van der Waals surface area contributed by atoms with Crippen LogP contribution in [0.5, 0.6) is 0 Å². The fourth-order valence-electron chi connectivity index (χ4n) is 2.80. The predicted molar refractivity (Wildman–Crippen MR) is 119 cm³/mol. The van der Waals surface area contributed by atoms with E-state index >= 15 is 0 Å². The molecule has 2 rings (SSSR count). The van der Waals surface area contributed by atoms with E-state index in [0.29, 0.717) is 24.7 Å². The zero-order valence-corrected chi connectivity index (χ0v) is 19.9. The second-order valence-electron chi connectivity index (χ2n) is 6.36. The predicted octanol–water partition coefficient (Wildman–Crippen LogP) is 4.95. The molecule has 1 aromatic heterocycles. The molecule has 0 bridgehead atoms. The summed E-state index contributed by atoms with van der Waals surface area (Å²) in [6.07, 6.45) is 0.908. The number of hydrogen-bond donors (Lipinski definition) is 0. The highest BCUT2D eigenvalue weighted by Crippen LogP contribution is 2.31. The van der Waals surface area contributed by atoms with E-state index in [9.17, 15) is 8.42 Å². The molecule has 0 fully saturated rings. The molecular weight excluding hydrogens is 460 g/mol. The van der Waals surface area contributed by atoms with Gasteiger partial charge in [-0.15, -0.1) is 10.2 Å². The number of halogens is 1. The van der Waals surface area contributed by atoms with Crippen molar-refractivity contribution in [3.63, 3.8) is 0 Å². The summed E-state index contributed by atoms with van der Waals surface area (Å²) >= 11 is 4.93. The smallest absolute Gasteiger partial charge is 0.243 e. The maximum absolute atomic E-state index is 12.9. The van der Waals surface area contributed by atoms with Crippen molar-refractivity contribution in [3.05, 3.63) is 35.3 Å². The molecule has 0 aliphatic carbocycles. The maximum atomic E-state index is 12.9. The number of benzene rings is 1. The van der Waals surface area contributed by atoms with Crippen molar-refractivity contribution in [1.82, 2.24) is 19.1 Å². The Morgan fingerprint density at radius 2 is 1.96 bits per heavy atom. The third-order valence-corrected chi connectivity index (χ3v) is 8.22. The van der Waals surface area contributed by atoms with Crippen LogP contribution in [0.25, 0.3) is 11.4 Å². The first kappa shape index (κ1) is 23.1. The zero-order chi connectivity index (χ0) is 20.9. The zero-order valence-electron chi connectivity index (χ0n) is 16.7. The molecule has 9 heteroatoms. The fourth-order valence-corrected chi connectivity index (χ4v) is 5.44. The van der Waals surface area contributed by atoms with Crippen LogP contribution in [0, 0.1) is 0 Å². The van der Waals surface area contributed by atoms with Gasteiger partial charge in [0.1, 0.15) is 0 Å². The minimum absolute atomic E-state index is 0.180. The van der Waals surface area contributed by atoms with Crippen LogP contribution < -0.4 is 0 Å². The highest BCUT2D eigenvalue weighted by molar-refractivity contribution is 9.11. The van der Waals surface area contributed by atoms with E-state index in [2.05, 4.69) is 51.1 Å². The Bertz CT molecular complexity index is 924. The minimum Gasteiger partial charge on any atom is -0.299 e. The summed E-state index contributed by atoms with van der Waals surface area (Å²) in [5.74, 6) is 1.36. The van der Waals surface area contributed by atoms with Crippen molar-refractivity contribution in [2.24, 2.45) is 0 Å². The van der Waals surface area contributed by atoms with E-state index in [-0.39, 0.29) is 10.9 Å². The second-order valence-corrected chi connectivity index (χ2v) is 10.4. The van der Waals surface area contributed by atoms with E-state index in [0.717, 1.165) is 21.6 Å². The first-order chi connectivity index (χ1) is 13.3. The maximum Gasteiger partial charge on any atom is 0.243 e. The number of thioether (sulfide) groups is 1. The van der Waals surface area contributed by atoms with Crippen LogP contribution in [0.3, 0.4) is 0 Å². The standard InChI is InChI=1S/C19H27BrN4O2S2/c1-6-15(5)24-18(21-22-19(24)27-13-14(4)20)16-10-9-11-17(12-16)28(25,26)23(7-2)8-3/h9-12,15H,4,6-8,13H2,1-3,5H3. The van der Waals surface area contributed by atoms with Crippen LogP contribution in [0.2, 0.25) is 0 Å². The highest BCUT2D eigenvalue weighted by atomic mass is 79.9. The van der Waals surface area contributed by atoms with Crippen LogP contribution in [-0.2, 0) is 10.0 Å². The Hall–Kier alpha value is -1.16. The Balaban J connectivity index is 2.52. The van der Waals surface area contributed by atoms with Gasteiger partial charge >= 0.3 is 0 Å². The lowest BCUT2D eigenvalue weighted by molar-refractivity contribution is 0.445. The van der Waals surface area contributed by atoms with Crippen molar-refractivity contribution >= 4 is 37.7 Å². The van der Waals surface area contributed by atoms with E-state index < -0.39 is 10.0 Å². The Labute approximate surface area is 180 Å². The van der Waals surface area contributed by atoms with Crippen LogP contribution in [0.1, 0.15) is 40.2 Å². The molecule has 0 saturated carbocycles. The topological polar surface area (TPSA) is 68.1 Å². The third kappa shape index (κ3) is 5.06. The number of rotatable bonds is 10. The summed E-state index contributed by atoms with van der Waals surface area (Å²) in [5.41, 5.74) is 0.741. The van der Waals surface area contributed by atoms with Gasteiger partial charge in [0.15, 0.2) is 11.0 Å². The molecule has 0 saturated heterocycles. The second kappa shape index (κ2) is 10.0. The molecule has 0 aliphatic rings. The van der Waals surface area contributed by atoms with Crippen LogP contribution in [-0.4, -0.2) is 46.3 Å². The lowest BCUT2D eigenvalue weighted by atomic mass is 10.2. The van der Waals surface area contributed by atoms with Gasteiger partial charge in [0.2, 0.25) is 10.0 Å². The Kier molecular flexibility index (Phi) is 8.30. The number of sulfonamides is 1. The number of nitrogens with zero attached hydrogens (tertiary/aromatic N) is 4. The van der Waals surface area contributed by atoms with E-state index in [1.165, 1.54) is 4.31 Å². The average molecular weight is 487 g/mol. The monoisotopic (exact) mass is 486 g/mol. The first-order valence-electron chi connectivity index (χ1n) is 9.27. The van der Waals surface area contributed by atoms with Crippen LogP contribution in [0.4, 0.5) is 0 Å². The van der Waals surface area contributed by atoms with Gasteiger partial charge in [-0.25, -0.2) is 8.42 Å². The molecule has 2 aromatic rings. The summed E-state index contributed by atoms with van der Waals surface area (Å²) in [4.78, 5) is 0.274. The normalized spacial score (nSPS) is 13.1. The molecule has 1 heterocycles. The Morgan fingerprint density at radius 3 is 2.54 bits per heavy atom. The van der Waals surface area contributed by atoms with Gasteiger partial charge < -0.3 is 0 Å². The quantitative estimate of drug-likeness (QED) is 0.444. The lowest BCUT2D eigenvalue weighted by Crippen LogP contribution is -2.30. The van der Waals surface area contributed by atoms with Gasteiger partial charge in [-0.05, 0) is 30.0 Å². The Morgan fingerprint density at radius 1 is 1.29 bits per heavy atom.